The molecule has 2 aromatic heterocycles. The Bertz CT molecular complexity index is 513. The number of nitrogens with one attached hydrogen (secondary N) is 1. The molecule has 96 valence electrons. The summed E-state index contributed by atoms with van der Waals surface area (Å²) < 4.78 is 1.43. The van der Waals surface area contributed by atoms with Gasteiger partial charge in [0.2, 0.25) is 11.9 Å². The summed E-state index contributed by atoms with van der Waals surface area (Å²) in [5.41, 5.74) is 5.76. The molecule has 0 aliphatic rings. The van der Waals surface area contributed by atoms with Crippen molar-refractivity contribution in [3.8, 4) is 5.95 Å². The standard InChI is InChI=1S/C10H16N8/c1-10(2,3)4-13-8-15-7(11)16-9(17-8)18-6-12-5-14-18/h5-6H,4H2,1-3H3,(H3,11,13,15,16,17). The molecule has 0 radical (unpaired) electrons. The van der Waals surface area contributed by atoms with Gasteiger partial charge in [-0.2, -0.15) is 24.7 Å². The molecule has 0 saturated carbocycles. The van der Waals surface area contributed by atoms with Gasteiger partial charge in [-0.3, -0.25) is 0 Å². The van der Waals surface area contributed by atoms with Gasteiger partial charge < -0.3 is 11.1 Å². The van der Waals surface area contributed by atoms with E-state index in [4.69, 9.17) is 5.73 Å². The Kier molecular flexibility index (Phi) is 3.09. The molecule has 0 bridgehead atoms. The third-order valence-electron chi connectivity index (χ3n) is 2.04. The van der Waals surface area contributed by atoms with Crippen molar-refractivity contribution in [2.24, 2.45) is 5.41 Å². The fraction of sp³-hybridized carbons (Fsp3) is 0.500. The molecule has 0 aliphatic carbocycles. The lowest BCUT2D eigenvalue weighted by Gasteiger charge is -2.18. The van der Waals surface area contributed by atoms with E-state index in [9.17, 15) is 0 Å². The van der Waals surface area contributed by atoms with Gasteiger partial charge in [0.15, 0.2) is 0 Å². The molecule has 0 spiro atoms. The van der Waals surface area contributed by atoms with Crippen LogP contribution in [0.25, 0.3) is 5.95 Å². The first kappa shape index (κ1) is 12.2. The van der Waals surface area contributed by atoms with Gasteiger partial charge in [0.05, 0.1) is 0 Å². The lowest BCUT2D eigenvalue weighted by molar-refractivity contribution is 0.441. The first-order valence-corrected chi connectivity index (χ1v) is 5.54. The first-order chi connectivity index (χ1) is 8.44. The van der Waals surface area contributed by atoms with Crippen molar-refractivity contribution in [1.82, 2.24) is 29.7 Å². The highest BCUT2D eigenvalue weighted by molar-refractivity contribution is 5.34. The Morgan fingerprint density at radius 2 is 2.06 bits per heavy atom. The van der Waals surface area contributed by atoms with Gasteiger partial charge in [0.25, 0.3) is 5.95 Å². The summed E-state index contributed by atoms with van der Waals surface area (Å²) in [6, 6.07) is 0. The molecule has 0 saturated heterocycles. The smallest absolute Gasteiger partial charge is 0.258 e. The highest BCUT2D eigenvalue weighted by atomic mass is 15.4. The van der Waals surface area contributed by atoms with Crippen LogP contribution in [0.4, 0.5) is 11.9 Å². The van der Waals surface area contributed by atoms with Crippen LogP contribution >= 0.6 is 0 Å². The molecule has 0 aromatic carbocycles. The summed E-state index contributed by atoms with van der Waals surface area (Å²) in [6.07, 6.45) is 2.91. The molecule has 8 heteroatoms. The molecule has 0 fully saturated rings. The molecule has 0 amide bonds. The number of aromatic nitrogens is 6. The maximum atomic E-state index is 5.64. The monoisotopic (exact) mass is 248 g/mol. The third-order valence-corrected chi connectivity index (χ3v) is 2.04. The van der Waals surface area contributed by atoms with Gasteiger partial charge in [-0.15, -0.1) is 0 Å². The first-order valence-electron chi connectivity index (χ1n) is 5.54. The Morgan fingerprint density at radius 3 is 2.67 bits per heavy atom. The van der Waals surface area contributed by atoms with Crippen molar-refractivity contribution in [3.05, 3.63) is 12.7 Å². The Balaban J connectivity index is 2.22. The van der Waals surface area contributed by atoms with E-state index in [1.54, 1.807) is 0 Å². The van der Waals surface area contributed by atoms with Crippen LogP contribution in [0.3, 0.4) is 0 Å². The number of nitrogens with two attached hydrogens (primary N) is 1. The summed E-state index contributed by atoms with van der Waals surface area (Å²) in [5, 5.41) is 7.07. The third kappa shape index (κ3) is 3.12. The fourth-order valence-electron chi connectivity index (χ4n) is 1.22. The van der Waals surface area contributed by atoms with Gasteiger partial charge in [-0.1, -0.05) is 20.8 Å². The summed E-state index contributed by atoms with van der Waals surface area (Å²) in [6.45, 7) is 7.07. The molecule has 2 heterocycles. The average Bonchev–Trinajstić information content (AvgIpc) is 2.78. The van der Waals surface area contributed by atoms with E-state index in [2.05, 4.69) is 51.1 Å². The second-order valence-electron chi connectivity index (χ2n) is 5.07. The number of nitrogen functional groups attached to an aromatic ring is 1. The lowest BCUT2D eigenvalue weighted by Crippen LogP contribution is -2.21. The zero-order valence-electron chi connectivity index (χ0n) is 10.6. The van der Waals surface area contributed by atoms with E-state index in [0.29, 0.717) is 11.9 Å². The van der Waals surface area contributed by atoms with Crippen LogP contribution < -0.4 is 11.1 Å². The fourth-order valence-corrected chi connectivity index (χ4v) is 1.22. The largest absolute Gasteiger partial charge is 0.368 e. The highest BCUT2D eigenvalue weighted by Crippen LogP contribution is 2.14. The Morgan fingerprint density at radius 1 is 1.28 bits per heavy atom. The summed E-state index contributed by atoms with van der Waals surface area (Å²) >= 11 is 0. The SMILES string of the molecule is CC(C)(C)CNc1nc(N)nc(-n2cncn2)n1. The molecule has 3 N–H and O–H groups in total. The maximum Gasteiger partial charge on any atom is 0.258 e. The number of hydrogen-bond acceptors (Lipinski definition) is 7. The van der Waals surface area contributed by atoms with Gasteiger partial charge in [0, 0.05) is 6.54 Å². The van der Waals surface area contributed by atoms with Gasteiger partial charge in [-0.05, 0) is 5.41 Å². The van der Waals surface area contributed by atoms with Gasteiger partial charge in [0.1, 0.15) is 12.7 Å². The minimum absolute atomic E-state index is 0.120. The van der Waals surface area contributed by atoms with Crippen LogP contribution in [-0.4, -0.2) is 36.3 Å². The topological polar surface area (TPSA) is 107 Å². The van der Waals surface area contributed by atoms with E-state index >= 15 is 0 Å². The Labute approximate surface area is 105 Å². The number of anilines is 2. The normalized spacial score (nSPS) is 11.5. The average molecular weight is 248 g/mol. The molecule has 2 rings (SSSR count). The van der Waals surface area contributed by atoms with Crippen molar-refractivity contribution >= 4 is 11.9 Å². The molecule has 18 heavy (non-hydrogen) atoms. The molecule has 0 aliphatic heterocycles. The van der Waals surface area contributed by atoms with E-state index in [1.165, 1.54) is 17.3 Å². The van der Waals surface area contributed by atoms with Crippen LogP contribution in [0.2, 0.25) is 0 Å². The summed E-state index contributed by atoms with van der Waals surface area (Å²) in [4.78, 5) is 16.1. The van der Waals surface area contributed by atoms with Crippen molar-refractivity contribution in [3.63, 3.8) is 0 Å². The molecule has 2 aromatic rings. The summed E-state index contributed by atoms with van der Waals surface area (Å²) in [7, 11) is 0. The zero-order valence-corrected chi connectivity index (χ0v) is 10.6. The van der Waals surface area contributed by atoms with Gasteiger partial charge >= 0.3 is 0 Å². The van der Waals surface area contributed by atoms with Crippen molar-refractivity contribution in [2.45, 2.75) is 20.8 Å². The summed E-state index contributed by atoms with van der Waals surface area (Å²) in [5.74, 6) is 0.922. The molecule has 0 unspecified atom stereocenters. The minimum Gasteiger partial charge on any atom is -0.368 e. The van der Waals surface area contributed by atoms with Crippen LogP contribution in [0.15, 0.2) is 12.7 Å². The van der Waals surface area contributed by atoms with E-state index < -0.39 is 0 Å². The Hall–Kier alpha value is -2.25. The van der Waals surface area contributed by atoms with E-state index in [1.807, 2.05) is 0 Å². The highest BCUT2D eigenvalue weighted by Gasteiger charge is 2.12. The minimum atomic E-state index is 0.120. The van der Waals surface area contributed by atoms with Crippen molar-refractivity contribution in [2.75, 3.05) is 17.6 Å². The second kappa shape index (κ2) is 4.55. The van der Waals surface area contributed by atoms with Crippen LogP contribution in [0, 0.1) is 5.41 Å². The molecule has 0 atom stereocenters. The lowest BCUT2D eigenvalue weighted by atomic mass is 9.97. The van der Waals surface area contributed by atoms with E-state index in [0.717, 1.165) is 6.54 Å². The predicted octanol–water partition coefficient (Wildman–Crippen LogP) is 0.492. The van der Waals surface area contributed by atoms with Crippen molar-refractivity contribution < 1.29 is 0 Å². The quantitative estimate of drug-likeness (QED) is 0.813. The van der Waals surface area contributed by atoms with E-state index in [-0.39, 0.29) is 11.4 Å². The second-order valence-corrected chi connectivity index (χ2v) is 5.07. The van der Waals surface area contributed by atoms with Crippen molar-refractivity contribution in [1.29, 1.82) is 0 Å². The number of nitrogens with zero attached hydrogens (tertiary/aromatic N) is 6. The molecule has 8 nitrogen and oxygen atoms in total. The molecular formula is C10H16N8. The van der Waals surface area contributed by atoms with Crippen LogP contribution in [0.1, 0.15) is 20.8 Å². The van der Waals surface area contributed by atoms with Gasteiger partial charge in [-0.25, -0.2) is 4.98 Å². The van der Waals surface area contributed by atoms with Crippen LogP contribution in [-0.2, 0) is 0 Å². The number of hydrogen-bond donors (Lipinski definition) is 2. The predicted molar refractivity (Wildman–Crippen MR) is 67.1 cm³/mol. The maximum absolute atomic E-state index is 5.64. The molecular weight excluding hydrogens is 232 g/mol. The van der Waals surface area contributed by atoms with Crippen LogP contribution in [0.5, 0.6) is 0 Å². The number of rotatable bonds is 3. The zero-order chi connectivity index (χ0) is 13.2.